The van der Waals surface area contributed by atoms with E-state index < -0.39 is 0 Å². The third kappa shape index (κ3) is 2.66. The SMILES string of the molecule is COc1ccccc1NC(CN)c1sccc1C. The van der Waals surface area contributed by atoms with Crippen molar-refractivity contribution < 1.29 is 4.74 Å². The Bertz CT molecular complexity index is 510. The number of nitrogens with two attached hydrogens (primary N) is 1. The van der Waals surface area contributed by atoms with Crippen molar-refractivity contribution in [3.05, 3.63) is 46.2 Å². The number of hydrogen-bond donors (Lipinski definition) is 2. The Kier molecular flexibility index (Phi) is 4.23. The van der Waals surface area contributed by atoms with Crippen molar-refractivity contribution in [2.45, 2.75) is 13.0 Å². The predicted octanol–water partition coefficient (Wildman–Crippen LogP) is 3.18. The van der Waals surface area contributed by atoms with Gasteiger partial charge >= 0.3 is 0 Å². The first-order valence-corrected chi connectivity index (χ1v) is 6.78. The minimum absolute atomic E-state index is 0.126. The zero-order valence-corrected chi connectivity index (χ0v) is 11.5. The van der Waals surface area contributed by atoms with Crippen LogP contribution in [0.25, 0.3) is 0 Å². The van der Waals surface area contributed by atoms with Crippen LogP contribution in [0.5, 0.6) is 5.75 Å². The van der Waals surface area contributed by atoms with Gasteiger partial charge in [0.1, 0.15) is 5.75 Å². The van der Waals surface area contributed by atoms with Crippen LogP contribution < -0.4 is 15.8 Å². The van der Waals surface area contributed by atoms with Crippen LogP contribution in [-0.4, -0.2) is 13.7 Å². The van der Waals surface area contributed by atoms with E-state index in [1.165, 1.54) is 10.4 Å². The van der Waals surface area contributed by atoms with E-state index in [1.54, 1.807) is 18.4 Å². The number of rotatable bonds is 5. The van der Waals surface area contributed by atoms with E-state index in [-0.39, 0.29) is 6.04 Å². The van der Waals surface area contributed by atoms with Crippen LogP contribution in [0.4, 0.5) is 5.69 Å². The number of nitrogens with one attached hydrogen (secondary N) is 1. The summed E-state index contributed by atoms with van der Waals surface area (Å²) in [5.74, 6) is 0.838. The molecule has 1 aromatic heterocycles. The standard InChI is InChI=1S/C14H18N2OS/c1-10-7-8-18-14(10)12(9-15)16-11-5-3-4-6-13(11)17-2/h3-8,12,16H,9,15H2,1-2H3. The number of thiophene rings is 1. The molecule has 0 saturated heterocycles. The molecule has 3 nitrogen and oxygen atoms in total. The lowest BCUT2D eigenvalue weighted by molar-refractivity contribution is 0.416. The second kappa shape index (κ2) is 5.89. The Morgan fingerprint density at radius 3 is 2.72 bits per heavy atom. The van der Waals surface area contributed by atoms with Gasteiger partial charge in [0.05, 0.1) is 18.8 Å². The van der Waals surface area contributed by atoms with Gasteiger partial charge in [0.15, 0.2) is 0 Å². The molecule has 0 saturated carbocycles. The van der Waals surface area contributed by atoms with Crippen LogP contribution >= 0.6 is 11.3 Å². The number of anilines is 1. The summed E-state index contributed by atoms with van der Waals surface area (Å²) in [5.41, 5.74) is 8.13. The van der Waals surface area contributed by atoms with Crippen molar-refractivity contribution in [1.29, 1.82) is 0 Å². The highest BCUT2D eigenvalue weighted by molar-refractivity contribution is 7.10. The summed E-state index contributed by atoms with van der Waals surface area (Å²) >= 11 is 1.73. The molecular weight excluding hydrogens is 244 g/mol. The molecule has 0 radical (unpaired) electrons. The molecule has 0 aliphatic rings. The fourth-order valence-corrected chi connectivity index (χ4v) is 2.92. The van der Waals surface area contributed by atoms with Gasteiger partial charge in [-0.2, -0.15) is 0 Å². The van der Waals surface area contributed by atoms with Crippen LogP contribution in [0, 0.1) is 6.92 Å². The predicted molar refractivity (Wildman–Crippen MR) is 77.5 cm³/mol. The maximum Gasteiger partial charge on any atom is 0.141 e. The summed E-state index contributed by atoms with van der Waals surface area (Å²) in [4.78, 5) is 1.28. The molecule has 0 bridgehead atoms. The Labute approximate surface area is 112 Å². The smallest absolute Gasteiger partial charge is 0.141 e. The average Bonchev–Trinajstić information content (AvgIpc) is 2.82. The average molecular weight is 262 g/mol. The largest absolute Gasteiger partial charge is 0.495 e. The van der Waals surface area contributed by atoms with E-state index in [2.05, 4.69) is 23.7 Å². The summed E-state index contributed by atoms with van der Waals surface area (Å²) in [5, 5.41) is 5.55. The highest BCUT2D eigenvalue weighted by Crippen LogP contribution is 2.30. The summed E-state index contributed by atoms with van der Waals surface area (Å²) in [6.07, 6.45) is 0. The van der Waals surface area contributed by atoms with Gasteiger partial charge in [-0.1, -0.05) is 12.1 Å². The molecule has 0 amide bonds. The lowest BCUT2D eigenvalue weighted by atomic mass is 10.1. The van der Waals surface area contributed by atoms with Crippen LogP contribution in [-0.2, 0) is 0 Å². The quantitative estimate of drug-likeness (QED) is 0.870. The van der Waals surface area contributed by atoms with Crippen LogP contribution in [0.15, 0.2) is 35.7 Å². The molecule has 18 heavy (non-hydrogen) atoms. The van der Waals surface area contributed by atoms with Gasteiger partial charge in [-0.05, 0) is 36.1 Å². The molecular formula is C14H18N2OS. The van der Waals surface area contributed by atoms with Crippen molar-refractivity contribution in [2.24, 2.45) is 5.73 Å². The highest BCUT2D eigenvalue weighted by Gasteiger charge is 2.14. The van der Waals surface area contributed by atoms with Gasteiger partial charge in [-0.15, -0.1) is 11.3 Å². The van der Waals surface area contributed by atoms with E-state index in [0.717, 1.165) is 11.4 Å². The van der Waals surface area contributed by atoms with Crippen molar-refractivity contribution in [3.63, 3.8) is 0 Å². The molecule has 0 aliphatic carbocycles. The molecule has 1 aromatic carbocycles. The molecule has 2 aromatic rings. The van der Waals surface area contributed by atoms with Gasteiger partial charge in [0, 0.05) is 11.4 Å². The number of aryl methyl sites for hydroxylation is 1. The second-order valence-electron chi connectivity index (χ2n) is 4.10. The van der Waals surface area contributed by atoms with Crippen LogP contribution in [0.3, 0.4) is 0 Å². The molecule has 3 N–H and O–H groups in total. The second-order valence-corrected chi connectivity index (χ2v) is 5.05. The zero-order valence-electron chi connectivity index (χ0n) is 10.6. The monoisotopic (exact) mass is 262 g/mol. The number of methoxy groups -OCH3 is 1. The maximum absolute atomic E-state index is 5.88. The van der Waals surface area contributed by atoms with Gasteiger partial charge in [-0.25, -0.2) is 0 Å². The number of ether oxygens (including phenoxy) is 1. The Morgan fingerprint density at radius 1 is 1.33 bits per heavy atom. The third-order valence-corrected chi connectivity index (χ3v) is 4.02. The van der Waals surface area contributed by atoms with Crippen molar-refractivity contribution in [2.75, 3.05) is 19.0 Å². The molecule has 1 heterocycles. The molecule has 2 rings (SSSR count). The Morgan fingerprint density at radius 2 is 2.11 bits per heavy atom. The summed E-state index contributed by atoms with van der Waals surface area (Å²) in [6.45, 7) is 2.66. The summed E-state index contributed by atoms with van der Waals surface area (Å²) < 4.78 is 5.34. The van der Waals surface area contributed by atoms with Crippen LogP contribution in [0.1, 0.15) is 16.5 Å². The van der Waals surface area contributed by atoms with Gasteiger partial charge in [0.2, 0.25) is 0 Å². The van der Waals surface area contributed by atoms with E-state index in [9.17, 15) is 0 Å². The zero-order chi connectivity index (χ0) is 13.0. The highest BCUT2D eigenvalue weighted by atomic mass is 32.1. The normalized spacial score (nSPS) is 12.2. The van der Waals surface area contributed by atoms with Crippen molar-refractivity contribution in [3.8, 4) is 5.75 Å². The number of hydrogen-bond acceptors (Lipinski definition) is 4. The van der Waals surface area contributed by atoms with E-state index in [0.29, 0.717) is 6.54 Å². The molecule has 96 valence electrons. The van der Waals surface area contributed by atoms with E-state index >= 15 is 0 Å². The van der Waals surface area contributed by atoms with Crippen molar-refractivity contribution in [1.82, 2.24) is 0 Å². The van der Waals surface area contributed by atoms with Gasteiger partial charge < -0.3 is 15.8 Å². The summed E-state index contributed by atoms with van der Waals surface area (Å²) in [6, 6.07) is 10.1. The Hall–Kier alpha value is -1.52. The first-order valence-electron chi connectivity index (χ1n) is 5.90. The molecule has 1 atom stereocenters. The van der Waals surface area contributed by atoms with Crippen LogP contribution in [0.2, 0.25) is 0 Å². The van der Waals surface area contributed by atoms with E-state index in [4.69, 9.17) is 10.5 Å². The van der Waals surface area contributed by atoms with E-state index in [1.807, 2.05) is 24.3 Å². The molecule has 0 aliphatic heterocycles. The lowest BCUT2D eigenvalue weighted by Gasteiger charge is -2.19. The molecule has 1 unspecified atom stereocenters. The number of para-hydroxylation sites is 2. The minimum Gasteiger partial charge on any atom is -0.495 e. The summed E-state index contributed by atoms with van der Waals surface area (Å²) in [7, 11) is 1.67. The number of benzene rings is 1. The lowest BCUT2D eigenvalue weighted by Crippen LogP contribution is -2.20. The fourth-order valence-electron chi connectivity index (χ4n) is 1.92. The fraction of sp³-hybridized carbons (Fsp3) is 0.286. The van der Waals surface area contributed by atoms with Gasteiger partial charge in [-0.3, -0.25) is 0 Å². The Balaban J connectivity index is 2.23. The molecule has 4 heteroatoms. The van der Waals surface area contributed by atoms with Crippen molar-refractivity contribution >= 4 is 17.0 Å². The topological polar surface area (TPSA) is 47.3 Å². The van der Waals surface area contributed by atoms with Gasteiger partial charge in [0.25, 0.3) is 0 Å². The first-order chi connectivity index (χ1) is 8.76. The molecule has 0 spiro atoms. The molecule has 0 fully saturated rings. The first kappa shape index (κ1) is 12.9. The third-order valence-electron chi connectivity index (χ3n) is 2.89. The minimum atomic E-state index is 0.126. The maximum atomic E-state index is 5.88.